The van der Waals surface area contributed by atoms with Crippen molar-refractivity contribution < 1.29 is 4.79 Å². The second-order valence-corrected chi connectivity index (χ2v) is 7.50. The van der Waals surface area contributed by atoms with Gasteiger partial charge in [0.25, 0.3) is 0 Å². The number of likely N-dealkylation sites (tertiary alicyclic amines) is 1. The van der Waals surface area contributed by atoms with Crippen LogP contribution in [0.4, 0.5) is 0 Å². The maximum absolute atomic E-state index is 13.2. The number of aryl methyl sites for hydroxylation is 1. The highest BCUT2D eigenvalue weighted by Crippen LogP contribution is 2.50. The number of rotatable bonds is 2. The molecule has 0 radical (unpaired) electrons. The third-order valence-corrected chi connectivity index (χ3v) is 6.04. The molecule has 1 aliphatic carbocycles. The van der Waals surface area contributed by atoms with Gasteiger partial charge in [0, 0.05) is 13.1 Å². The van der Waals surface area contributed by atoms with Crippen molar-refractivity contribution in [2.24, 2.45) is 11.8 Å². The van der Waals surface area contributed by atoms with Crippen LogP contribution in [-0.2, 0) is 10.2 Å². The summed E-state index contributed by atoms with van der Waals surface area (Å²) in [5, 5.41) is 3.51. The Labute approximate surface area is 133 Å². The van der Waals surface area contributed by atoms with Gasteiger partial charge in [0.2, 0.25) is 5.91 Å². The highest BCUT2D eigenvalue weighted by atomic mass is 16.2. The van der Waals surface area contributed by atoms with E-state index >= 15 is 0 Å². The normalized spacial score (nSPS) is 29.8. The zero-order chi connectivity index (χ0) is 15.2. The zero-order valence-corrected chi connectivity index (χ0v) is 13.5. The van der Waals surface area contributed by atoms with E-state index in [-0.39, 0.29) is 5.41 Å². The summed E-state index contributed by atoms with van der Waals surface area (Å²) < 4.78 is 0. The average Bonchev–Trinajstić information content (AvgIpc) is 3.26. The lowest BCUT2D eigenvalue weighted by atomic mass is 9.92. The van der Waals surface area contributed by atoms with Gasteiger partial charge in [-0.05, 0) is 63.1 Å². The first kappa shape index (κ1) is 14.3. The van der Waals surface area contributed by atoms with E-state index in [2.05, 4.69) is 41.4 Å². The fourth-order valence-corrected chi connectivity index (χ4v) is 4.42. The van der Waals surface area contributed by atoms with Gasteiger partial charge in [-0.2, -0.15) is 0 Å². The van der Waals surface area contributed by atoms with Crippen LogP contribution in [0.2, 0.25) is 0 Å². The largest absolute Gasteiger partial charge is 0.342 e. The van der Waals surface area contributed by atoms with Gasteiger partial charge in [-0.1, -0.05) is 29.8 Å². The Morgan fingerprint density at radius 1 is 1.18 bits per heavy atom. The number of nitrogens with one attached hydrogen (secondary N) is 1. The molecular formula is C19H26N2O. The molecule has 4 rings (SSSR count). The summed E-state index contributed by atoms with van der Waals surface area (Å²) in [6, 6.07) is 8.57. The van der Waals surface area contributed by atoms with Crippen LogP contribution in [0, 0.1) is 18.8 Å². The van der Waals surface area contributed by atoms with Crippen LogP contribution in [0.5, 0.6) is 0 Å². The summed E-state index contributed by atoms with van der Waals surface area (Å²) in [5.74, 6) is 1.96. The van der Waals surface area contributed by atoms with Crippen LogP contribution in [0.1, 0.15) is 36.8 Å². The Morgan fingerprint density at radius 2 is 1.86 bits per heavy atom. The van der Waals surface area contributed by atoms with Crippen LogP contribution in [0.25, 0.3) is 0 Å². The molecule has 1 amide bonds. The monoisotopic (exact) mass is 298 g/mol. The van der Waals surface area contributed by atoms with E-state index in [0.29, 0.717) is 5.91 Å². The number of carbonyl (C=O) groups is 1. The van der Waals surface area contributed by atoms with E-state index in [0.717, 1.165) is 50.9 Å². The summed E-state index contributed by atoms with van der Waals surface area (Å²) in [5.41, 5.74) is 2.31. The van der Waals surface area contributed by atoms with Crippen LogP contribution < -0.4 is 5.32 Å². The molecule has 3 heteroatoms. The second-order valence-electron chi connectivity index (χ2n) is 7.50. The minimum absolute atomic E-state index is 0.191. The number of amides is 1. The summed E-state index contributed by atoms with van der Waals surface area (Å²) in [4.78, 5) is 15.4. The smallest absolute Gasteiger partial charge is 0.233 e. The van der Waals surface area contributed by atoms with Crippen LogP contribution in [0.15, 0.2) is 24.3 Å². The molecule has 3 nitrogen and oxygen atoms in total. The lowest BCUT2D eigenvalue weighted by molar-refractivity contribution is -0.134. The SMILES string of the molecule is Cc1cccc(C2(C(=O)N3CC[C@@H]4CNC[C@@H]4CC3)CC2)c1. The Bertz CT molecular complexity index is 565. The van der Waals surface area contributed by atoms with Crippen molar-refractivity contribution in [2.75, 3.05) is 26.2 Å². The molecular weight excluding hydrogens is 272 g/mol. The lowest BCUT2D eigenvalue weighted by Crippen LogP contribution is -2.40. The quantitative estimate of drug-likeness (QED) is 0.910. The summed E-state index contributed by atoms with van der Waals surface area (Å²) in [7, 11) is 0. The zero-order valence-electron chi connectivity index (χ0n) is 13.5. The molecule has 1 aromatic rings. The molecule has 2 aliphatic heterocycles. The summed E-state index contributed by atoms with van der Waals surface area (Å²) in [6.45, 7) is 6.32. The number of hydrogen-bond acceptors (Lipinski definition) is 2. The first-order valence-electron chi connectivity index (χ1n) is 8.76. The second kappa shape index (κ2) is 5.38. The molecule has 0 spiro atoms. The minimum Gasteiger partial charge on any atom is -0.342 e. The topological polar surface area (TPSA) is 32.3 Å². The average molecular weight is 298 g/mol. The molecule has 2 atom stereocenters. The highest BCUT2D eigenvalue weighted by molar-refractivity contribution is 5.91. The predicted molar refractivity (Wildman–Crippen MR) is 87.8 cm³/mol. The molecule has 0 bridgehead atoms. The van der Waals surface area contributed by atoms with Crippen LogP contribution in [0.3, 0.4) is 0 Å². The molecule has 118 valence electrons. The van der Waals surface area contributed by atoms with E-state index in [1.54, 1.807) is 0 Å². The summed E-state index contributed by atoms with van der Waals surface area (Å²) in [6.07, 6.45) is 4.40. The number of nitrogens with zero attached hydrogens (tertiary/aromatic N) is 1. The predicted octanol–water partition coefficient (Wildman–Crippen LogP) is 2.48. The minimum atomic E-state index is -0.191. The molecule has 1 saturated carbocycles. The van der Waals surface area contributed by atoms with Gasteiger partial charge in [0.1, 0.15) is 0 Å². The van der Waals surface area contributed by atoms with E-state index in [9.17, 15) is 4.79 Å². The molecule has 3 fully saturated rings. The van der Waals surface area contributed by atoms with Crippen LogP contribution >= 0.6 is 0 Å². The molecule has 22 heavy (non-hydrogen) atoms. The number of fused-ring (bicyclic) bond motifs is 1. The molecule has 0 unspecified atom stereocenters. The van der Waals surface area contributed by atoms with E-state index in [1.807, 2.05) is 0 Å². The van der Waals surface area contributed by atoms with Gasteiger partial charge < -0.3 is 10.2 Å². The van der Waals surface area contributed by atoms with Gasteiger partial charge in [0.05, 0.1) is 5.41 Å². The molecule has 2 saturated heterocycles. The van der Waals surface area contributed by atoms with E-state index < -0.39 is 0 Å². The standard InChI is InChI=1S/C19H26N2O/c1-14-3-2-4-17(11-14)19(7-8-19)18(22)21-9-5-15-12-20-13-16(15)6-10-21/h2-4,11,15-16,20H,5-10,12-13H2,1H3/t15-,16+. The fraction of sp³-hybridized carbons (Fsp3) is 0.632. The van der Waals surface area contributed by atoms with Gasteiger partial charge in [-0.25, -0.2) is 0 Å². The first-order chi connectivity index (χ1) is 10.7. The Morgan fingerprint density at radius 3 is 2.45 bits per heavy atom. The van der Waals surface area contributed by atoms with Crippen molar-refractivity contribution in [3.05, 3.63) is 35.4 Å². The van der Waals surface area contributed by atoms with Crippen molar-refractivity contribution in [3.8, 4) is 0 Å². The molecule has 2 heterocycles. The lowest BCUT2D eigenvalue weighted by Gasteiger charge is -2.27. The number of carbonyl (C=O) groups excluding carboxylic acids is 1. The van der Waals surface area contributed by atoms with Gasteiger partial charge >= 0.3 is 0 Å². The highest BCUT2D eigenvalue weighted by Gasteiger charge is 2.53. The Balaban J connectivity index is 1.52. The van der Waals surface area contributed by atoms with Crippen molar-refractivity contribution in [1.29, 1.82) is 0 Å². The molecule has 1 N–H and O–H groups in total. The van der Waals surface area contributed by atoms with Gasteiger partial charge in [-0.3, -0.25) is 4.79 Å². The van der Waals surface area contributed by atoms with E-state index in [1.165, 1.54) is 24.0 Å². The van der Waals surface area contributed by atoms with Crippen molar-refractivity contribution >= 4 is 5.91 Å². The van der Waals surface area contributed by atoms with E-state index in [4.69, 9.17) is 0 Å². The summed E-state index contributed by atoms with van der Waals surface area (Å²) >= 11 is 0. The number of hydrogen-bond donors (Lipinski definition) is 1. The molecule has 3 aliphatic rings. The Hall–Kier alpha value is -1.35. The first-order valence-corrected chi connectivity index (χ1v) is 8.76. The van der Waals surface area contributed by atoms with Gasteiger partial charge in [0.15, 0.2) is 0 Å². The number of benzene rings is 1. The maximum atomic E-state index is 13.2. The van der Waals surface area contributed by atoms with Crippen molar-refractivity contribution in [2.45, 2.75) is 38.0 Å². The van der Waals surface area contributed by atoms with Crippen molar-refractivity contribution in [3.63, 3.8) is 0 Å². The third-order valence-electron chi connectivity index (χ3n) is 6.04. The van der Waals surface area contributed by atoms with Gasteiger partial charge in [-0.15, -0.1) is 0 Å². The van der Waals surface area contributed by atoms with Crippen molar-refractivity contribution in [1.82, 2.24) is 10.2 Å². The molecule has 0 aromatic heterocycles. The molecule has 1 aromatic carbocycles. The Kier molecular flexibility index (Phi) is 3.48. The fourth-order valence-electron chi connectivity index (χ4n) is 4.42. The van der Waals surface area contributed by atoms with Crippen LogP contribution in [-0.4, -0.2) is 37.0 Å². The third kappa shape index (κ3) is 2.36. The maximum Gasteiger partial charge on any atom is 0.233 e.